The highest BCUT2D eigenvalue weighted by molar-refractivity contribution is 5.97. The lowest BCUT2D eigenvalue weighted by atomic mass is 10.1. The van der Waals surface area contributed by atoms with E-state index in [-0.39, 0.29) is 17.8 Å². The van der Waals surface area contributed by atoms with Gasteiger partial charge in [-0.1, -0.05) is 24.3 Å². The van der Waals surface area contributed by atoms with E-state index in [1.807, 2.05) is 19.9 Å². The van der Waals surface area contributed by atoms with Crippen LogP contribution in [-0.4, -0.2) is 12.5 Å². The quantitative estimate of drug-likeness (QED) is 0.910. The second-order valence-electron chi connectivity index (χ2n) is 4.68. The maximum atomic E-state index is 12.9. The van der Waals surface area contributed by atoms with Crippen LogP contribution in [0.2, 0.25) is 0 Å². The summed E-state index contributed by atoms with van der Waals surface area (Å²) in [4.78, 5) is 12.3. The minimum absolute atomic E-state index is 0.212. The van der Waals surface area contributed by atoms with Crippen molar-refractivity contribution in [1.29, 1.82) is 0 Å². The van der Waals surface area contributed by atoms with Crippen LogP contribution in [0.4, 0.5) is 4.39 Å². The molecule has 0 fully saturated rings. The van der Waals surface area contributed by atoms with Gasteiger partial charge in [-0.15, -0.1) is 0 Å². The summed E-state index contributed by atoms with van der Waals surface area (Å²) >= 11 is 0. The fourth-order valence-corrected chi connectivity index (χ4v) is 2.04. The number of nitrogens with one attached hydrogen (secondary N) is 1. The van der Waals surface area contributed by atoms with Crippen LogP contribution in [0.5, 0.6) is 5.75 Å². The van der Waals surface area contributed by atoms with Crippen molar-refractivity contribution in [2.75, 3.05) is 6.61 Å². The highest BCUT2D eigenvalue weighted by atomic mass is 19.1. The smallest absolute Gasteiger partial charge is 0.255 e. The molecule has 110 valence electrons. The lowest BCUT2D eigenvalue weighted by Crippen LogP contribution is -2.27. The summed E-state index contributed by atoms with van der Waals surface area (Å²) in [6.07, 6.45) is 0. The van der Waals surface area contributed by atoms with Gasteiger partial charge in [0, 0.05) is 0 Å². The van der Waals surface area contributed by atoms with Crippen LogP contribution in [0.1, 0.15) is 35.8 Å². The number of halogens is 1. The second-order valence-corrected chi connectivity index (χ2v) is 4.68. The molecule has 0 aliphatic rings. The van der Waals surface area contributed by atoms with Crippen molar-refractivity contribution < 1.29 is 13.9 Å². The first-order chi connectivity index (χ1) is 10.1. The Kier molecular flexibility index (Phi) is 4.93. The molecule has 2 aromatic carbocycles. The highest BCUT2D eigenvalue weighted by Crippen LogP contribution is 2.20. The third-order valence-electron chi connectivity index (χ3n) is 3.15. The Balaban J connectivity index is 2.12. The number of para-hydroxylation sites is 1. The first-order valence-corrected chi connectivity index (χ1v) is 6.90. The van der Waals surface area contributed by atoms with Gasteiger partial charge in [0.1, 0.15) is 11.6 Å². The van der Waals surface area contributed by atoms with E-state index in [0.29, 0.717) is 17.9 Å². The first kappa shape index (κ1) is 15.0. The average Bonchev–Trinajstić information content (AvgIpc) is 2.48. The van der Waals surface area contributed by atoms with Gasteiger partial charge in [-0.3, -0.25) is 4.79 Å². The van der Waals surface area contributed by atoms with Gasteiger partial charge in [0.2, 0.25) is 0 Å². The zero-order valence-corrected chi connectivity index (χ0v) is 12.1. The monoisotopic (exact) mass is 287 g/mol. The Morgan fingerprint density at radius 2 is 1.86 bits per heavy atom. The van der Waals surface area contributed by atoms with E-state index < -0.39 is 0 Å². The summed E-state index contributed by atoms with van der Waals surface area (Å²) in [6, 6.07) is 13.0. The third kappa shape index (κ3) is 3.81. The third-order valence-corrected chi connectivity index (χ3v) is 3.15. The molecule has 0 bridgehead atoms. The maximum absolute atomic E-state index is 12.9. The van der Waals surface area contributed by atoms with Crippen molar-refractivity contribution in [3.63, 3.8) is 0 Å². The van der Waals surface area contributed by atoms with Crippen molar-refractivity contribution in [2.24, 2.45) is 0 Å². The largest absolute Gasteiger partial charge is 0.493 e. The molecule has 21 heavy (non-hydrogen) atoms. The Labute approximate surface area is 123 Å². The van der Waals surface area contributed by atoms with Gasteiger partial charge < -0.3 is 10.1 Å². The number of carbonyl (C=O) groups is 1. The molecule has 0 radical (unpaired) electrons. The van der Waals surface area contributed by atoms with Crippen LogP contribution in [0.3, 0.4) is 0 Å². The van der Waals surface area contributed by atoms with Crippen LogP contribution < -0.4 is 10.1 Å². The Morgan fingerprint density at radius 3 is 2.52 bits per heavy atom. The molecule has 1 atom stereocenters. The van der Waals surface area contributed by atoms with E-state index in [1.54, 1.807) is 30.3 Å². The molecule has 1 amide bonds. The Morgan fingerprint density at radius 1 is 1.19 bits per heavy atom. The molecule has 0 aliphatic heterocycles. The number of amides is 1. The standard InChI is InChI=1S/C17H18FNO2/c1-3-21-16-7-5-4-6-15(16)17(20)19-12(2)13-8-10-14(18)11-9-13/h4-12H,3H2,1-2H3,(H,19,20)/t12-/m1/s1. The van der Waals surface area contributed by atoms with Gasteiger partial charge in [-0.2, -0.15) is 0 Å². The van der Waals surface area contributed by atoms with Crippen LogP contribution >= 0.6 is 0 Å². The molecular formula is C17H18FNO2. The summed E-state index contributed by atoms with van der Waals surface area (Å²) < 4.78 is 18.4. The molecule has 0 aliphatic carbocycles. The molecule has 4 heteroatoms. The van der Waals surface area contributed by atoms with Gasteiger partial charge in [0.25, 0.3) is 5.91 Å². The lowest BCUT2D eigenvalue weighted by molar-refractivity contribution is 0.0936. The number of hydrogen-bond acceptors (Lipinski definition) is 2. The van der Waals surface area contributed by atoms with E-state index in [1.165, 1.54) is 12.1 Å². The number of rotatable bonds is 5. The Hall–Kier alpha value is -2.36. The van der Waals surface area contributed by atoms with Gasteiger partial charge in [0.15, 0.2) is 0 Å². The van der Waals surface area contributed by atoms with Gasteiger partial charge in [-0.05, 0) is 43.7 Å². The number of hydrogen-bond donors (Lipinski definition) is 1. The fourth-order valence-electron chi connectivity index (χ4n) is 2.04. The van der Waals surface area contributed by atoms with E-state index in [9.17, 15) is 9.18 Å². The molecular weight excluding hydrogens is 269 g/mol. The van der Waals surface area contributed by atoms with Crippen molar-refractivity contribution in [3.8, 4) is 5.75 Å². The minimum atomic E-state index is -0.293. The predicted octanol–water partition coefficient (Wildman–Crippen LogP) is 3.72. The molecule has 0 spiro atoms. The summed E-state index contributed by atoms with van der Waals surface area (Å²) in [5.41, 5.74) is 1.34. The number of carbonyl (C=O) groups excluding carboxylic acids is 1. The fraction of sp³-hybridized carbons (Fsp3) is 0.235. The summed E-state index contributed by atoms with van der Waals surface area (Å²) in [5.74, 6) is 0.0543. The van der Waals surface area contributed by atoms with E-state index in [0.717, 1.165) is 5.56 Å². The van der Waals surface area contributed by atoms with Gasteiger partial charge in [0.05, 0.1) is 18.2 Å². The van der Waals surface area contributed by atoms with Crippen LogP contribution in [0, 0.1) is 5.82 Å². The van der Waals surface area contributed by atoms with Crippen molar-refractivity contribution in [3.05, 3.63) is 65.5 Å². The van der Waals surface area contributed by atoms with Crippen molar-refractivity contribution in [2.45, 2.75) is 19.9 Å². The van der Waals surface area contributed by atoms with E-state index >= 15 is 0 Å². The summed E-state index contributed by atoms with van der Waals surface area (Å²) in [6.45, 7) is 4.22. The molecule has 0 saturated carbocycles. The summed E-state index contributed by atoms with van der Waals surface area (Å²) in [7, 11) is 0. The van der Waals surface area contributed by atoms with E-state index in [2.05, 4.69) is 5.32 Å². The zero-order chi connectivity index (χ0) is 15.2. The van der Waals surface area contributed by atoms with Gasteiger partial charge >= 0.3 is 0 Å². The zero-order valence-electron chi connectivity index (χ0n) is 12.1. The average molecular weight is 287 g/mol. The molecule has 0 aromatic heterocycles. The molecule has 1 N–H and O–H groups in total. The first-order valence-electron chi connectivity index (χ1n) is 6.90. The van der Waals surface area contributed by atoms with Gasteiger partial charge in [-0.25, -0.2) is 4.39 Å². The molecule has 0 saturated heterocycles. The molecule has 3 nitrogen and oxygen atoms in total. The topological polar surface area (TPSA) is 38.3 Å². The van der Waals surface area contributed by atoms with Crippen LogP contribution in [0.15, 0.2) is 48.5 Å². The van der Waals surface area contributed by atoms with E-state index in [4.69, 9.17) is 4.74 Å². The Bertz CT molecular complexity index is 610. The number of benzene rings is 2. The van der Waals surface area contributed by atoms with Crippen molar-refractivity contribution in [1.82, 2.24) is 5.32 Å². The highest BCUT2D eigenvalue weighted by Gasteiger charge is 2.15. The lowest BCUT2D eigenvalue weighted by Gasteiger charge is -2.16. The van der Waals surface area contributed by atoms with Crippen molar-refractivity contribution >= 4 is 5.91 Å². The molecule has 2 rings (SSSR count). The normalized spacial score (nSPS) is 11.8. The molecule has 0 unspecified atom stereocenters. The number of ether oxygens (including phenoxy) is 1. The molecule has 0 heterocycles. The molecule has 2 aromatic rings. The van der Waals surface area contributed by atoms with Crippen LogP contribution in [-0.2, 0) is 0 Å². The SMILES string of the molecule is CCOc1ccccc1C(=O)N[C@H](C)c1ccc(F)cc1. The minimum Gasteiger partial charge on any atom is -0.493 e. The van der Waals surface area contributed by atoms with Crippen LogP contribution in [0.25, 0.3) is 0 Å². The predicted molar refractivity (Wildman–Crippen MR) is 79.9 cm³/mol. The second kappa shape index (κ2) is 6.88. The summed E-state index contributed by atoms with van der Waals surface area (Å²) in [5, 5.41) is 2.89. The maximum Gasteiger partial charge on any atom is 0.255 e.